The van der Waals surface area contributed by atoms with Gasteiger partial charge in [-0.15, -0.1) is 0 Å². The number of hydrogen-bond donors (Lipinski definition) is 1. The summed E-state index contributed by atoms with van der Waals surface area (Å²) in [6.45, 7) is 0. The van der Waals surface area contributed by atoms with Gasteiger partial charge in [-0.25, -0.2) is 0 Å². The molecule has 4 heteroatoms. The number of carbonyl (C=O) groups is 2. The second kappa shape index (κ2) is 3.14. The van der Waals surface area contributed by atoms with Crippen molar-refractivity contribution in [3.8, 4) is 5.75 Å². The lowest BCUT2D eigenvalue weighted by molar-refractivity contribution is -0.123. The van der Waals surface area contributed by atoms with Gasteiger partial charge in [-0.05, 0) is 23.8 Å². The van der Waals surface area contributed by atoms with E-state index >= 15 is 0 Å². The Kier molecular flexibility index (Phi) is 1.96. The molecule has 0 aliphatic carbocycles. The molecule has 0 spiro atoms. The van der Waals surface area contributed by atoms with E-state index in [4.69, 9.17) is 10.5 Å². The number of hydrogen-bond acceptors (Lipinski definition) is 3. The van der Waals surface area contributed by atoms with Crippen LogP contribution in [0.3, 0.4) is 0 Å². The smallest absolute Gasteiger partial charge is 0.258 e. The van der Waals surface area contributed by atoms with E-state index in [9.17, 15) is 9.59 Å². The fourth-order valence-corrected chi connectivity index (χ4v) is 1.50. The predicted molar refractivity (Wildman–Crippen MR) is 49.1 cm³/mol. The average molecular weight is 191 g/mol. The number of primary amides is 1. The first kappa shape index (κ1) is 8.74. The van der Waals surface area contributed by atoms with Crippen LogP contribution in [0.4, 0.5) is 0 Å². The van der Waals surface area contributed by atoms with Crippen molar-refractivity contribution in [1.29, 1.82) is 0 Å². The zero-order valence-corrected chi connectivity index (χ0v) is 7.40. The highest BCUT2D eigenvalue weighted by molar-refractivity contribution is 5.81. The molecule has 0 saturated carbocycles. The maximum atomic E-state index is 10.9. The van der Waals surface area contributed by atoms with Crippen molar-refractivity contribution < 1.29 is 14.3 Å². The third kappa shape index (κ3) is 1.35. The van der Waals surface area contributed by atoms with Gasteiger partial charge in [-0.2, -0.15) is 0 Å². The number of benzene rings is 1. The van der Waals surface area contributed by atoms with Crippen LogP contribution in [-0.2, 0) is 11.2 Å². The molecule has 0 bridgehead atoms. The van der Waals surface area contributed by atoms with E-state index in [-0.39, 0.29) is 0 Å². The summed E-state index contributed by atoms with van der Waals surface area (Å²) in [7, 11) is 0. The maximum absolute atomic E-state index is 10.9. The molecule has 0 aromatic heterocycles. The van der Waals surface area contributed by atoms with Crippen LogP contribution in [0.1, 0.15) is 15.9 Å². The molecule has 1 aliphatic heterocycles. The minimum Gasteiger partial charge on any atom is -0.480 e. The van der Waals surface area contributed by atoms with Crippen LogP contribution >= 0.6 is 0 Å². The average Bonchev–Trinajstić information content (AvgIpc) is 2.59. The summed E-state index contributed by atoms with van der Waals surface area (Å²) in [6.07, 6.45) is 0.622. The second-order valence-electron chi connectivity index (χ2n) is 3.20. The first-order chi connectivity index (χ1) is 6.70. The summed E-state index contributed by atoms with van der Waals surface area (Å²) >= 11 is 0. The summed E-state index contributed by atoms with van der Waals surface area (Å²) in [5, 5.41) is 0. The molecular formula is C10H9NO3. The Balaban J connectivity index is 2.31. The van der Waals surface area contributed by atoms with E-state index < -0.39 is 12.0 Å². The number of carbonyl (C=O) groups excluding carboxylic acids is 2. The molecule has 0 fully saturated rings. The van der Waals surface area contributed by atoms with Crippen molar-refractivity contribution in [2.24, 2.45) is 5.73 Å². The molecule has 72 valence electrons. The highest BCUT2D eigenvalue weighted by Crippen LogP contribution is 2.28. The summed E-state index contributed by atoms with van der Waals surface area (Å²) < 4.78 is 5.28. The maximum Gasteiger partial charge on any atom is 0.258 e. The molecule has 0 radical (unpaired) electrons. The molecule has 1 aromatic rings. The second-order valence-corrected chi connectivity index (χ2v) is 3.20. The first-order valence-corrected chi connectivity index (χ1v) is 4.25. The fourth-order valence-electron chi connectivity index (χ4n) is 1.50. The minimum absolute atomic E-state index is 0.451. The number of amides is 1. The van der Waals surface area contributed by atoms with Crippen molar-refractivity contribution >= 4 is 12.2 Å². The van der Waals surface area contributed by atoms with E-state index in [0.717, 1.165) is 11.8 Å². The summed E-state index contributed by atoms with van der Waals surface area (Å²) in [5.74, 6) is 0.160. The molecule has 0 unspecified atom stereocenters. The molecule has 1 aromatic carbocycles. The number of nitrogens with two attached hydrogens (primary N) is 1. The Morgan fingerprint density at radius 2 is 2.36 bits per heavy atom. The van der Waals surface area contributed by atoms with Crippen LogP contribution in [0.15, 0.2) is 18.2 Å². The Hall–Kier alpha value is -1.84. The van der Waals surface area contributed by atoms with Gasteiger partial charge in [0.1, 0.15) is 12.0 Å². The van der Waals surface area contributed by atoms with Gasteiger partial charge in [0, 0.05) is 12.0 Å². The van der Waals surface area contributed by atoms with Crippen LogP contribution in [-0.4, -0.2) is 18.3 Å². The number of fused-ring (bicyclic) bond motifs is 1. The van der Waals surface area contributed by atoms with Crippen LogP contribution in [0.25, 0.3) is 0 Å². The van der Waals surface area contributed by atoms with E-state index in [2.05, 4.69) is 0 Å². The van der Waals surface area contributed by atoms with E-state index in [1.54, 1.807) is 18.2 Å². The van der Waals surface area contributed by atoms with Gasteiger partial charge >= 0.3 is 0 Å². The number of aldehydes is 1. The van der Waals surface area contributed by atoms with Crippen molar-refractivity contribution in [3.05, 3.63) is 29.3 Å². The lowest BCUT2D eigenvalue weighted by Gasteiger charge is -2.04. The standard InChI is InChI=1S/C10H9NO3/c11-10(13)9-4-7-3-6(5-12)1-2-8(7)14-9/h1-3,5,9H,4H2,(H2,11,13)/t9-/m0/s1. The highest BCUT2D eigenvalue weighted by Gasteiger charge is 2.27. The highest BCUT2D eigenvalue weighted by atomic mass is 16.5. The molecule has 1 heterocycles. The zero-order valence-electron chi connectivity index (χ0n) is 7.40. The summed E-state index contributed by atoms with van der Waals surface area (Å²) in [5.41, 5.74) is 6.55. The van der Waals surface area contributed by atoms with E-state index in [1.165, 1.54) is 0 Å². The molecule has 1 atom stereocenters. The lowest BCUT2D eigenvalue weighted by atomic mass is 10.1. The minimum atomic E-state index is -0.591. The molecule has 1 amide bonds. The Labute approximate surface area is 80.7 Å². The number of ether oxygens (including phenoxy) is 1. The van der Waals surface area contributed by atoms with Crippen molar-refractivity contribution in [2.75, 3.05) is 0 Å². The quantitative estimate of drug-likeness (QED) is 0.683. The van der Waals surface area contributed by atoms with Gasteiger partial charge in [-0.1, -0.05) is 0 Å². The lowest BCUT2D eigenvalue weighted by Crippen LogP contribution is -2.31. The predicted octanol–water partition coefficient (Wildman–Crippen LogP) is 0.288. The van der Waals surface area contributed by atoms with E-state index in [0.29, 0.717) is 17.7 Å². The Morgan fingerprint density at radius 3 is 3.00 bits per heavy atom. The van der Waals surface area contributed by atoms with Gasteiger partial charge in [-0.3, -0.25) is 9.59 Å². The largest absolute Gasteiger partial charge is 0.480 e. The van der Waals surface area contributed by atoms with Gasteiger partial charge in [0.2, 0.25) is 0 Å². The van der Waals surface area contributed by atoms with Crippen molar-refractivity contribution in [2.45, 2.75) is 12.5 Å². The number of rotatable bonds is 2. The van der Waals surface area contributed by atoms with Gasteiger partial charge in [0.05, 0.1) is 0 Å². The van der Waals surface area contributed by atoms with E-state index in [1.807, 2.05) is 0 Å². The molecule has 0 saturated heterocycles. The fraction of sp³-hybridized carbons (Fsp3) is 0.200. The molecule has 2 rings (SSSR count). The van der Waals surface area contributed by atoms with Crippen molar-refractivity contribution in [1.82, 2.24) is 0 Å². The van der Waals surface area contributed by atoms with Gasteiger partial charge in [0.25, 0.3) is 5.91 Å². The van der Waals surface area contributed by atoms with Crippen LogP contribution in [0, 0.1) is 0 Å². The van der Waals surface area contributed by atoms with Gasteiger partial charge < -0.3 is 10.5 Å². The molecule has 14 heavy (non-hydrogen) atoms. The topological polar surface area (TPSA) is 69.4 Å². The van der Waals surface area contributed by atoms with Gasteiger partial charge in [0.15, 0.2) is 6.10 Å². The molecular weight excluding hydrogens is 182 g/mol. The Bertz CT molecular complexity index is 400. The van der Waals surface area contributed by atoms with Crippen LogP contribution in [0.5, 0.6) is 5.75 Å². The molecule has 1 aliphatic rings. The SMILES string of the molecule is NC(=O)[C@@H]1Cc2cc(C=O)ccc2O1. The third-order valence-corrected chi connectivity index (χ3v) is 2.21. The monoisotopic (exact) mass is 191 g/mol. The third-order valence-electron chi connectivity index (χ3n) is 2.21. The summed E-state index contributed by atoms with van der Waals surface area (Å²) in [6, 6.07) is 5.04. The Morgan fingerprint density at radius 1 is 1.57 bits per heavy atom. The normalized spacial score (nSPS) is 18.4. The van der Waals surface area contributed by atoms with Crippen LogP contribution in [0.2, 0.25) is 0 Å². The molecule has 2 N–H and O–H groups in total. The van der Waals surface area contributed by atoms with Crippen molar-refractivity contribution in [3.63, 3.8) is 0 Å². The first-order valence-electron chi connectivity index (χ1n) is 4.25. The molecule has 4 nitrogen and oxygen atoms in total. The van der Waals surface area contributed by atoms with Crippen LogP contribution < -0.4 is 10.5 Å². The zero-order chi connectivity index (χ0) is 10.1. The summed E-state index contributed by atoms with van der Waals surface area (Å²) in [4.78, 5) is 21.3.